The van der Waals surface area contributed by atoms with Crippen molar-refractivity contribution < 1.29 is 32.9 Å². The van der Waals surface area contributed by atoms with Gasteiger partial charge in [0.05, 0.1) is 13.0 Å². The molecular weight excluding hydrogens is 453 g/mol. The first kappa shape index (κ1) is 21.5. The maximum absolute atomic E-state index is 14.9. The standard InChI is InChI=1S/C27H22FNO6/c1-14-29-21-11-16(3-7-23(21)33-14)34-22-9-6-20(28)27-19(22)5-8-24(27)35-17-2-4-18-15(10-26(30)31)13-32-25(18)12-17/h2-4,6-7,9,11-12,15,24H,5,8,10,13H2,1H3,(H,30,31)/t15?,24-/m1/s1. The summed E-state index contributed by atoms with van der Waals surface area (Å²) in [6.07, 6.45) is 0.762. The number of ether oxygens (including phenoxy) is 3. The summed E-state index contributed by atoms with van der Waals surface area (Å²) in [6.45, 7) is 2.11. The first-order chi connectivity index (χ1) is 16.9. The molecule has 1 aromatic heterocycles. The van der Waals surface area contributed by atoms with E-state index in [1.54, 1.807) is 43.3 Å². The average molecular weight is 475 g/mol. The van der Waals surface area contributed by atoms with Crippen molar-refractivity contribution in [3.8, 4) is 23.0 Å². The third kappa shape index (κ3) is 3.95. The number of nitrogens with zero attached hydrogens (tertiary/aromatic N) is 1. The summed E-state index contributed by atoms with van der Waals surface area (Å²) in [5, 5.41) is 9.09. The highest BCUT2D eigenvalue weighted by Crippen LogP contribution is 2.44. The van der Waals surface area contributed by atoms with Crippen molar-refractivity contribution in [2.75, 3.05) is 6.61 Å². The Morgan fingerprint density at radius 2 is 2.03 bits per heavy atom. The second-order valence-electron chi connectivity index (χ2n) is 8.85. The lowest BCUT2D eigenvalue weighted by atomic mass is 9.98. The minimum absolute atomic E-state index is 0.0143. The summed E-state index contributed by atoms with van der Waals surface area (Å²) in [7, 11) is 0. The third-order valence-electron chi connectivity index (χ3n) is 6.50. The lowest BCUT2D eigenvalue weighted by molar-refractivity contribution is -0.137. The van der Waals surface area contributed by atoms with Crippen molar-refractivity contribution in [1.82, 2.24) is 4.98 Å². The van der Waals surface area contributed by atoms with Crippen LogP contribution in [0.25, 0.3) is 11.1 Å². The molecule has 2 aliphatic rings. The highest BCUT2D eigenvalue weighted by molar-refractivity contribution is 5.74. The average Bonchev–Trinajstić information content (AvgIpc) is 3.52. The lowest BCUT2D eigenvalue weighted by Gasteiger charge is -2.17. The van der Waals surface area contributed by atoms with E-state index < -0.39 is 12.1 Å². The summed E-state index contributed by atoms with van der Waals surface area (Å²) in [5.41, 5.74) is 3.51. The van der Waals surface area contributed by atoms with Crippen molar-refractivity contribution in [3.63, 3.8) is 0 Å². The van der Waals surface area contributed by atoms with Gasteiger partial charge in [0.25, 0.3) is 0 Å². The molecule has 0 fully saturated rings. The van der Waals surface area contributed by atoms with Crippen molar-refractivity contribution in [2.45, 2.75) is 38.2 Å². The SMILES string of the molecule is Cc1nc2cc(Oc3ccc(F)c4c3CC[C@H]4Oc3ccc4c(c3)OCC4CC(=O)O)ccc2o1. The zero-order valence-electron chi connectivity index (χ0n) is 18.9. The molecule has 1 aliphatic carbocycles. The molecule has 0 saturated carbocycles. The summed E-state index contributed by atoms with van der Waals surface area (Å²) in [6, 6.07) is 13.8. The van der Waals surface area contributed by atoms with Gasteiger partial charge in [-0.05, 0) is 43.2 Å². The summed E-state index contributed by atoms with van der Waals surface area (Å²) in [4.78, 5) is 15.4. The number of fused-ring (bicyclic) bond motifs is 3. The predicted molar refractivity (Wildman–Crippen MR) is 124 cm³/mol. The van der Waals surface area contributed by atoms with E-state index in [1.807, 2.05) is 6.07 Å². The van der Waals surface area contributed by atoms with Crippen LogP contribution in [0.15, 0.2) is 52.9 Å². The van der Waals surface area contributed by atoms with E-state index in [1.165, 1.54) is 6.07 Å². The molecule has 3 aromatic carbocycles. The molecule has 0 amide bonds. The predicted octanol–water partition coefficient (Wildman–Crippen LogP) is 6.08. The van der Waals surface area contributed by atoms with Crippen LogP contribution >= 0.6 is 0 Å². The molecule has 0 bridgehead atoms. The van der Waals surface area contributed by atoms with Crippen LogP contribution in [-0.4, -0.2) is 22.7 Å². The van der Waals surface area contributed by atoms with Gasteiger partial charge in [0.15, 0.2) is 11.5 Å². The fourth-order valence-electron chi connectivity index (χ4n) is 4.94. The Morgan fingerprint density at radius 3 is 2.89 bits per heavy atom. The Morgan fingerprint density at radius 1 is 1.17 bits per heavy atom. The topological polar surface area (TPSA) is 91.0 Å². The molecule has 4 aromatic rings. The molecule has 0 spiro atoms. The quantitative estimate of drug-likeness (QED) is 0.361. The van der Waals surface area contributed by atoms with Gasteiger partial charge in [0.1, 0.15) is 40.4 Å². The number of halogens is 1. The number of aromatic nitrogens is 1. The number of hydrogen-bond donors (Lipinski definition) is 1. The monoisotopic (exact) mass is 475 g/mol. The van der Waals surface area contributed by atoms with E-state index in [4.69, 9.17) is 23.7 Å². The molecule has 8 heteroatoms. The van der Waals surface area contributed by atoms with Crippen LogP contribution in [0.2, 0.25) is 0 Å². The Labute approximate surface area is 200 Å². The molecule has 1 N–H and O–H groups in total. The first-order valence-corrected chi connectivity index (χ1v) is 11.5. The van der Waals surface area contributed by atoms with Crippen molar-refractivity contribution in [2.24, 2.45) is 0 Å². The second-order valence-corrected chi connectivity index (χ2v) is 8.85. The second kappa shape index (κ2) is 8.30. The summed E-state index contributed by atoms with van der Waals surface area (Å²) < 4.78 is 38.4. The van der Waals surface area contributed by atoms with E-state index in [9.17, 15) is 9.18 Å². The molecular formula is C27H22FNO6. The Kier molecular flexibility index (Phi) is 5.09. The molecule has 1 unspecified atom stereocenters. The van der Waals surface area contributed by atoms with Gasteiger partial charge in [-0.25, -0.2) is 9.37 Å². The smallest absolute Gasteiger partial charge is 0.304 e. The van der Waals surface area contributed by atoms with Crippen LogP contribution in [0.4, 0.5) is 4.39 Å². The first-order valence-electron chi connectivity index (χ1n) is 11.5. The van der Waals surface area contributed by atoms with Gasteiger partial charge >= 0.3 is 5.97 Å². The number of benzene rings is 3. The lowest BCUT2D eigenvalue weighted by Crippen LogP contribution is -2.07. The molecule has 178 valence electrons. The van der Waals surface area contributed by atoms with Gasteiger partial charge in [-0.2, -0.15) is 0 Å². The van der Waals surface area contributed by atoms with Crippen LogP contribution in [0.5, 0.6) is 23.0 Å². The summed E-state index contributed by atoms with van der Waals surface area (Å²) >= 11 is 0. The van der Waals surface area contributed by atoms with Crippen LogP contribution in [0, 0.1) is 12.7 Å². The van der Waals surface area contributed by atoms with Crippen molar-refractivity contribution >= 4 is 17.1 Å². The van der Waals surface area contributed by atoms with E-state index >= 15 is 0 Å². The zero-order chi connectivity index (χ0) is 24.1. The number of oxazole rings is 1. The Balaban J connectivity index is 1.24. The van der Waals surface area contributed by atoms with Gasteiger partial charge in [0.2, 0.25) is 0 Å². The molecule has 1 aliphatic heterocycles. The highest BCUT2D eigenvalue weighted by Gasteiger charge is 2.32. The third-order valence-corrected chi connectivity index (χ3v) is 6.50. The minimum Gasteiger partial charge on any atom is -0.492 e. The highest BCUT2D eigenvalue weighted by atomic mass is 19.1. The zero-order valence-corrected chi connectivity index (χ0v) is 18.9. The number of carboxylic acid groups (broad SMARTS) is 1. The fraction of sp³-hybridized carbons (Fsp3) is 0.259. The maximum atomic E-state index is 14.9. The largest absolute Gasteiger partial charge is 0.492 e. The van der Waals surface area contributed by atoms with Crippen LogP contribution < -0.4 is 14.2 Å². The molecule has 7 nitrogen and oxygen atoms in total. The Bertz CT molecular complexity index is 1460. The molecule has 0 radical (unpaired) electrons. The van der Waals surface area contributed by atoms with Gasteiger partial charge < -0.3 is 23.7 Å². The fourth-order valence-corrected chi connectivity index (χ4v) is 4.94. The summed E-state index contributed by atoms with van der Waals surface area (Å²) in [5.74, 6) is 1.54. The van der Waals surface area contributed by atoms with E-state index in [0.717, 1.165) is 11.1 Å². The van der Waals surface area contributed by atoms with Gasteiger partial charge in [0, 0.05) is 41.7 Å². The van der Waals surface area contributed by atoms with Gasteiger partial charge in [-0.1, -0.05) is 6.07 Å². The van der Waals surface area contributed by atoms with E-state index in [-0.39, 0.29) is 18.2 Å². The molecule has 0 saturated heterocycles. The van der Waals surface area contributed by atoms with E-state index in [2.05, 4.69) is 4.98 Å². The van der Waals surface area contributed by atoms with Crippen LogP contribution in [-0.2, 0) is 11.2 Å². The van der Waals surface area contributed by atoms with Crippen molar-refractivity contribution in [3.05, 3.63) is 76.9 Å². The molecule has 2 atom stereocenters. The molecule has 35 heavy (non-hydrogen) atoms. The number of carboxylic acids is 1. The van der Waals surface area contributed by atoms with Gasteiger partial charge in [-0.15, -0.1) is 0 Å². The van der Waals surface area contributed by atoms with E-state index in [0.29, 0.717) is 65.0 Å². The van der Waals surface area contributed by atoms with Crippen LogP contribution in [0.1, 0.15) is 47.4 Å². The molecule has 2 heterocycles. The van der Waals surface area contributed by atoms with Crippen LogP contribution in [0.3, 0.4) is 0 Å². The number of hydrogen-bond acceptors (Lipinski definition) is 6. The number of aryl methyl sites for hydroxylation is 1. The Hall–Kier alpha value is -4.07. The maximum Gasteiger partial charge on any atom is 0.304 e. The number of rotatable bonds is 6. The molecule has 6 rings (SSSR count). The normalized spacial score (nSPS) is 18.2. The van der Waals surface area contributed by atoms with Crippen molar-refractivity contribution in [1.29, 1.82) is 0 Å². The number of aliphatic carboxylic acids is 1. The van der Waals surface area contributed by atoms with Gasteiger partial charge in [-0.3, -0.25) is 4.79 Å². The minimum atomic E-state index is -0.862. The number of carbonyl (C=O) groups is 1.